The van der Waals surface area contributed by atoms with Gasteiger partial charge in [0.25, 0.3) is 0 Å². The van der Waals surface area contributed by atoms with E-state index in [1.807, 2.05) is 0 Å². The van der Waals surface area contributed by atoms with Crippen molar-refractivity contribution in [2.45, 2.75) is 12.8 Å². The Morgan fingerprint density at radius 3 is 2.36 bits per heavy atom. The summed E-state index contributed by atoms with van der Waals surface area (Å²) in [5.41, 5.74) is 1.01. The summed E-state index contributed by atoms with van der Waals surface area (Å²) in [6.45, 7) is 2.37. The highest BCUT2D eigenvalue weighted by Gasteiger charge is 2.37. The number of fused-ring (bicyclic) bond motifs is 1. The maximum absolute atomic E-state index is 8.56. The van der Waals surface area contributed by atoms with E-state index in [4.69, 9.17) is 5.21 Å². The van der Waals surface area contributed by atoms with Gasteiger partial charge in [-0.1, -0.05) is 5.16 Å². The lowest BCUT2D eigenvalue weighted by molar-refractivity contribution is 0.315. The van der Waals surface area contributed by atoms with Crippen molar-refractivity contribution < 1.29 is 5.21 Å². The standard InChI is InChI=1S/C8H14N2O/c1-10-4-6-2-8(9-11)3-7(6)5-10/h6-7,11H,2-5H2,1H3. The number of likely N-dealkylation sites (tertiary alicyclic amines) is 1. The second-order valence-electron chi connectivity index (χ2n) is 3.82. The number of oxime groups is 1. The first kappa shape index (κ1) is 7.10. The summed E-state index contributed by atoms with van der Waals surface area (Å²) in [6.07, 6.45) is 2.04. The summed E-state index contributed by atoms with van der Waals surface area (Å²) in [5, 5.41) is 11.9. The smallest absolute Gasteiger partial charge is 0.0577 e. The number of hydrogen-bond acceptors (Lipinski definition) is 3. The van der Waals surface area contributed by atoms with Gasteiger partial charge < -0.3 is 10.1 Å². The van der Waals surface area contributed by atoms with Crippen LogP contribution >= 0.6 is 0 Å². The topological polar surface area (TPSA) is 35.8 Å². The van der Waals surface area contributed by atoms with Crippen molar-refractivity contribution in [1.82, 2.24) is 4.90 Å². The van der Waals surface area contributed by atoms with E-state index in [1.54, 1.807) is 0 Å². The summed E-state index contributed by atoms with van der Waals surface area (Å²) in [4.78, 5) is 2.36. The zero-order valence-corrected chi connectivity index (χ0v) is 6.82. The second-order valence-corrected chi connectivity index (χ2v) is 3.82. The van der Waals surface area contributed by atoms with Crippen LogP contribution in [0.2, 0.25) is 0 Å². The summed E-state index contributed by atoms with van der Waals surface area (Å²) in [6, 6.07) is 0. The van der Waals surface area contributed by atoms with Crippen molar-refractivity contribution in [1.29, 1.82) is 0 Å². The van der Waals surface area contributed by atoms with Crippen molar-refractivity contribution in [3.8, 4) is 0 Å². The number of hydrogen-bond donors (Lipinski definition) is 1. The summed E-state index contributed by atoms with van der Waals surface area (Å²) in [7, 11) is 2.16. The zero-order valence-electron chi connectivity index (χ0n) is 6.82. The molecule has 2 atom stereocenters. The van der Waals surface area contributed by atoms with Crippen molar-refractivity contribution in [3.05, 3.63) is 0 Å². The van der Waals surface area contributed by atoms with E-state index in [0.717, 1.165) is 30.4 Å². The van der Waals surface area contributed by atoms with Gasteiger partial charge in [-0.3, -0.25) is 0 Å². The molecule has 1 saturated carbocycles. The fraction of sp³-hybridized carbons (Fsp3) is 0.875. The Morgan fingerprint density at radius 1 is 1.36 bits per heavy atom. The van der Waals surface area contributed by atoms with Crippen LogP contribution in [0.1, 0.15) is 12.8 Å². The minimum atomic E-state index is 0.769. The Bertz CT molecular complexity index is 175. The lowest BCUT2D eigenvalue weighted by Crippen LogP contribution is -2.16. The van der Waals surface area contributed by atoms with Gasteiger partial charge in [0.2, 0.25) is 0 Å². The van der Waals surface area contributed by atoms with Gasteiger partial charge in [-0.15, -0.1) is 0 Å². The van der Waals surface area contributed by atoms with Crippen molar-refractivity contribution in [2.24, 2.45) is 17.0 Å². The predicted octanol–water partition coefficient (Wildman–Crippen LogP) is 0.788. The summed E-state index contributed by atoms with van der Waals surface area (Å²) >= 11 is 0. The molecule has 2 rings (SSSR count). The molecule has 2 unspecified atom stereocenters. The van der Waals surface area contributed by atoms with E-state index in [0.29, 0.717) is 0 Å². The minimum absolute atomic E-state index is 0.769. The van der Waals surface area contributed by atoms with Gasteiger partial charge in [0.05, 0.1) is 5.71 Å². The fourth-order valence-corrected chi connectivity index (χ4v) is 2.41. The largest absolute Gasteiger partial charge is 0.411 e. The monoisotopic (exact) mass is 154 g/mol. The van der Waals surface area contributed by atoms with E-state index in [9.17, 15) is 0 Å². The maximum Gasteiger partial charge on any atom is 0.0577 e. The Labute approximate surface area is 66.7 Å². The Hall–Kier alpha value is -0.570. The van der Waals surface area contributed by atoms with E-state index >= 15 is 0 Å². The molecule has 3 heteroatoms. The average molecular weight is 154 g/mol. The van der Waals surface area contributed by atoms with Crippen LogP contribution in [0, 0.1) is 11.8 Å². The SMILES string of the molecule is CN1CC2CC(=NO)CC2C1. The van der Waals surface area contributed by atoms with Crippen LogP contribution in [0.4, 0.5) is 0 Å². The molecule has 0 aromatic heterocycles. The molecule has 2 aliphatic rings. The highest BCUT2D eigenvalue weighted by atomic mass is 16.4. The van der Waals surface area contributed by atoms with Gasteiger partial charge in [0.1, 0.15) is 0 Å². The summed E-state index contributed by atoms with van der Waals surface area (Å²) < 4.78 is 0. The molecule has 1 saturated heterocycles. The van der Waals surface area contributed by atoms with Crippen LogP contribution in [0.15, 0.2) is 5.16 Å². The third kappa shape index (κ3) is 1.13. The molecule has 0 aromatic rings. The molecule has 0 amide bonds. The molecule has 1 N–H and O–H groups in total. The van der Waals surface area contributed by atoms with E-state index in [-0.39, 0.29) is 0 Å². The molecule has 1 aliphatic carbocycles. The summed E-state index contributed by atoms with van der Waals surface area (Å²) in [5.74, 6) is 1.54. The molecule has 0 aromatic carbocycles. The van der Waals surface area contributed by atoms with Crippen LogP contribution < -0.4 is 0 Å². The van der Waals surface area contributed by atoms with Crippen molar-refractivity contribution >= 4 is 5.71 Å². The molecule has 2 fully saturated rings. The molecular weight excluding hydrogens is 140 g/mol. The molecule has 1 aliphatic heterocycles. The van der Waals surface area contributed by atoms with Crippen LogP contribution in [0.25, 0.3) is 0 Å². The molecule has 1 heterocycles. The maximum atomic E-state index is 8.56. The van der Waals surface area contributed by atoms with Gasteiger partial charge in [0.15, 0.2) is 0 Å². The molecule has 0 bridgehead atoms. The first-order valence-electron chi connectivity index (χ1n) is 4.18. The molecule has 62 valence electrons. The minimum Gasteiger partial charge on any atom is -0.411 e. The second kappa shape index (κ2) is 2.48. The molecule has 3 nitrogen and oxygen atoms in total. The van der Waals surface area contributed by atoms with Gasteiger partial charge in [-0.05, 0) is 31.7 Å². The fourth-order valence-electron chi connectivity index (χ4n) is 2.41. The molecule has 11 heavy (non-hydrogen) atoms. The Balaban J connectivity index is 2.04. The van der Waals surface area contributed by atoms with E-state index in [2.05, 4.69) is 17.1 Å². The van der Waals surface area contributed by atoms with Crippen LogP contribution in [0.5, 0.6) is 0 Å². The lowest BCUT2D eigenvalue weighted by Gasteiger charge is -2.07. The van der Waals surface area contributed by atoms with E-state index in [1.165, 1.54) is 13.1 Å². The first-order chi connectivity index (χ1) is 5.29. The first-order valence-corrected chi connectivity index (χ1v) is 4.18. The van der Waals surface area contributed by atoms with Crippen LogP contribution in [0.3, 0.4) is 0 Å². The van der Waals surface area contributed by atoms with Crippen molar-refractivity contribution in [2.75, 3.05) is 20.1 Å². The van der Waals surface area contributed by atoms with Gasteiger partial charge in [-0.25, -0.2) is 0 Å². The Kier molecular flexibility index (Phi) is 1.60. The quantitative estimate of drug-likeness (QED) is 0.413. The third-order valence-corrected chi connectivity index (χ3v) is 2.90. The highest BCUT2D eigenvalue weighted by molar-refractivity contribution is 5.86. The average Bonchev–Trinajstić information content (AvgIpc) is 2.43. The molecule has 0 radical (unpaired) electrons. The lowest BCUT2D eigenvalue weighted by atomic mass is 10.0. The Morgan fingerprint density at radius 2 is 1.91 bits per heavy atom. The van der Waals surface area contributed by atoms with Crippen LogP contribution in [-0.2, 0) is 0 Å². The molecular formula is C8H14N2O. The van der Waals surface area contributed by atoms with Gasteiger partial charge in [-0.2, -0.15) is 0 Å². The van der Waals surface area contributed by atoms with Gasteiger partial charge in [0, 0.05) is 13.1 Å². The normalized spacial score (nSPS) is 37.7. The number of rotatable bonds is 0. The number of nitrogens with zero attached hydrogens (tertiary/aromatic N) is 2. The zero-order chi connectivity index (χ0) is 7.84. The van der Waals surface area contributed by atoms with E-state index < -0.39 is 0 Å². The van der Waals surface area contributed by atoms with Gasteiger partial charge >= 0.3 is 0 Å². The third-order valence-electron chi connectivity index (χ3n) is 2.90. The predicted molar refractivity (Wildman–Crippen MR) is 42.9 cm³/mol. The highest BCUT2D eigenvalue weighted by Crippen LogP contribution is 2.35. The van der Waals surface area contributed by atoms with Crippen LogP contribution in [-0.4, -0.2) is 36.0 Å². The molecule has 0 spiro atoms. The van der Waals surface area contributed by atoms with Crippen molar-refractivity contribution in [3.63, 3.8) is 0 Å².